The zero-order valence-electron chi connectivity index (χ0n) is 13.3. The minimum absolute atomic E-state index is 0.594. The minimum Gasteiger partial charge on any atom is -0.496 e. The first-order valence-electron chi connectivity index (χ1n) is 7.44. The van der Waals surface area contributed by atoms with Gasteiger partial charge in [-0.15, -0.1) is 0 Å². The van der Waals surface area contributed by atoms with Gasteiger partial charge in [0.2, 0.25) is 0 Å². The summed E-state index contributed by atoms with van der Waals surface area (Å²) < 4.78 is 5.39. The van der Waals surface area contributed by atoms with E-state index in [1.807, 2.05) is 24.3 Å². The highest BCUT2D eigenvalue weighted by atomic mass is 16.5. The van der Waals surface area contributed by atoms with E-state index in [4.69, 9.17) is 9.84 Å². The summed E-state index contributed by atoms with van der Waals surface area (Å²) in [5, 5.41) is 14.7. The summed E-state index contributed by atoms with van der Waals surface area (Å²) in [5.41, 5.74) is 0.485. The molecule has 22 heavy (non-hydrogen) atoms. The highest BCUT2D eigenvalue weighted by Crippen LogP contribution is 2.28. The van der Waals surface area contributed by atoms with E-state index in [0.717, 1.165) is 16.5 Å². The molecule has 2 N–H and O–H groups in total. The van der Waals surface area contributed by atoms with Crippen molar-refractivity contribution in [3.05, 3.63) is 42.0 Å². The Kier molecular flexibility index (Phi) is 5.03. The van der Waals surface area contributed by atoms with Crippen molar-refractivity contribution in [1.29, 1.82) is 0 Å². The third-order valence-electron chi connectivity index (χ3n) is 4.02. The average molecular weight is 301 g/mol. The third kappa shape index (κ3) is 3.57. The van der Waals surface area contributed by atoms with Crippen LogP contribution in [0.25, 0.3) is 10.8 Å². The number of ether oxygens (including phenoxy) is 1. The van der Waals surface area contributed by atoms with Crippen LogP contribution in [0.3, 0.4) is 0 Å². The van der Waals surface area contributed by atoms with E-state index in [-0.39, 0.29) is 0 Å². The summed E-state index contributed by atoms with van der Waals surface area (Å²) in [6.07, 6.45) is 0.594. The summed E-state index contributed by atoms with van der Waals surface area (Å²) in [6, 6.07) is 12.2. The van der Waals surface area contributed by atoms with Crippen LogP contribution in [-0.4, -0.2) is 24.7 Å². The topological polar surface area (TPSA) is 58.6 Å². The van der Waals surface area contributed by atoms with Crippen LogP contribution in [0.4, 0.5) is 0 Å². The van der Waals surface area contributed by atoms with Gasteiger partial charge >= 0.3 is 5.97 Å². The molecule has 4 heteroatoms. The first-order chi connectivity index (χ1) is 10.5. The second-order valence-electron chi connectivity index (χ2n) is 6.09. The lowest BCUT2D eigenvalue weighted by Gasteiger charge is -2.19. The van der Waals surface area contributed by atoms with Crippen molar-refractivity contribution >= 4 is 16.7 Å². The van der Waals surface area contributed by atoms with E-state index in [0.29, 0.717) is 19.5 Å². The third-order valence-corrected chi connectivity index (χ3v) is 4.02. The molecule has 0 heterocycles. The van der Waals surface area contributed by atoms with Gasteiger partial charge in [-0.2, -0.15) is 0 Å². The Hall–Kier alpha value is -2.07. The summed E-state index contributed by atoms with van der Waals surface area (Å²) in [6.45, 7) is 4.87. The molecule has 0 amide bonds. The Labute approximate surface area is 131 Å². The molecule has 2 aromatic rings. The molecule has 0 aromatic heterocycles. The van der Waals surface area contributed by atoms with Crippen molar-refractivity contribution in [2.24, 2.45) is 5.41 Å². The van der Waals surface area contributed by atoms with E-state index in [9.17, 15) is 4.79 Å². The lowest BCUT2D eigenvalue weighted by atomic mass is 9.89. The van der Waals surface area contributed by atoms with Crippen LogP contribution in [0.1, 0.15) is 25.8 Å². The van der Waals surface area contributed by atoms with Crippen LogP contribution in [-0.2, 0) is 11.3 Å². The summed E-state index contributed by atoms with van der Waals surface area (Å²) in [4.78, 5) is 11.1. The molecular formula is C18H23NO3. The molecule has 0 fully saturated rings. The molecule has 0 atom stereocenters. The van der Waals surface area contributed by atoms with Gasteiger partial charge in [0.05, 0.1) is 12.5 Å². The van der Waals surface area contributed by atoms with E-state index in [1.165, 1.54) is 5.56 Å². The molecule has 0 saturated heterocycles. The van der Waals surface area contributed by atoms with Gasteiger partial charge < -0.3 is 15.2 Å². The predicted molar refractivity (Wildman–Crippen MR) is 88.2 cm³/mol. The second-order valence-corrected chi connectivity index (χ2v) is 6.09. The maximum atomic E-state index is 11.1. The fourth-order valence-corrected chi connectivity index (χ4v) is 2.40. The van der Waals surface area contributed by atoms with Crippen LogP contribution >= 0.6 is 0 Å². The van der Waals surface area contributed by atoms with E-state index >= 15 is 0 Å². The van der Waals surface area contributed by atoms with Gasteiger partial charge in [-0.25, -0.2) is 0 Å². The number of rotatable bonds is 7. The minimum atomic E-state index is -0.760. The molecule has 2 aromatic carbocycles. The number of methoxy groups -OCH3 is 1. The molecule has 0 radical (unpaired) electrons. The Morgan fingerprint density at radius 2 is 1.86 bits per heavy atom. The Bertz CT molecular complexity index is 664. The smallest absolute Gasteiger partial charge is 0.309 e. The SMILES string of the molecule is COc1ccc(CNCCC(C)(C)C(=O)O)c2ccccc12. The Morgan fingerprint density at radius 3 is 2.50 bits per heavy atom. The molecule has 0 aliphatic carbocycles. The molecule has 4 nitrogen and oxygen atoms in total. The number of nitrogens with one attached hydrogen (secondary N) is 1. The molecule has 0 spiro atoms. The molecule has 118 valence electrons. The number of carboxylic acid groups (broad SMARTS) is 1. The van der Waals surface area contributed by atoms with Gasteiger partial charge in [-0.05, 0) is 43.8 Å². The van der Waals surface area contributed by atoms with Crippen molar-refractivity contribution in [1.82, 2.24) is 5.32 Å². The van der Waals surface area contributed by atoms with Crippen molar-refractivity contribution in [3.8, 4) is 5.75 Å². The molecule has 0 aliphatic rings. The number of hydrogen-bond donors (Lipinski definition) is 2. The summed E-state index contributed by atoms with van der Waals surface area (Å²) in [5.74, 6) is 0.107. The highest BCUT2D eigenvalue weighted by Gasteiger charge is 2.26. The first kappa shape index (κ1) is 16.3. The highest BCUT2D eigenvalue weighted by molar-refractivity contribution is 5.91. The fraction of sp³-hybridized carbons (Fsp3) is 0.389. The fourth-order valence-electron chi connectivity index (χ4n) is 2.40. The standard InChI is InChI=1S/C18H23NO3/c1-18(2,17(20)21)10-11-19-12-13-8-9-16(22-3)15-7-5-4-6-14(13)15/h4-9,19H,10-12H2,1-3H3,(H,20,21). The number of carboxylic acids is 1. The van der Waals surface area contributed by atoms with Gasteiger partial charge in [-0.1, -0.05) is 30.3 Å². The van der Waals surface area contributed by atoms with E-state index in [2.05, 4.69) is 17.4 Å². The van der Waals surface area contributed by atoms with Crippen molar-refractivity contribution < 1.29 is 14.6 Å². The van der Waals surface area contributed by atoms with E-state index < -0.39 is 11.4 Å². The molecule has 0 unspecified atom stereocenters. The quantitative estimate of drug-likeness (QED) is 0.769. The maximum absolute atomic E-state index is 11.1. The van der Waals surface area contributed by atoms with Crippen LogP contribution in [0.2, 0.25) is 0 Å². The first-order valence-corrected chi connectivity index (χ1v) is 7.44. The molecule has 0 bridgehead atoms. The second kappa shape index (κ2) is 6.79. The summed E-state index contributed by atoms with van der Waals surface area (Å²) in [7, 11) is 1.67. The Balaban J connectivity index is 2.05. The lowest BCUT2D eigenvalue weighted by molar-refractivity contribution is -0.147. The molecule has 2 rings (SSSR count). The predicted octanol–water partition coefficient (Wildman–Crippen LogP) is 3.44. The van der Waals surface area contributed by atoms with Crippen LogP contribution in [0, 0.1) is 5.41 Å². The zero-order valence-corrected chi connectivity index (χ0v) is 13.3. The van der Waals surface area contributed by atoms with Crippen LogP contribution < -0.4 is 10.1 Å². The van der Waals surface area contributed by atoms with Crippen LogP contribution in [0.15, 0.2) is 36.4 Å². The number of aliphatic carboxylic acids is 1. The van der Waals surface area contributed by atoms with Gasteiger partial charge in [0, 0.05) is 11.9 Å². The van der Waals surface area contributed by atoms with Crippen molar-refractivity contribution in [3.63, 3.8) is 0 Å². The zero-order chi connectivity index (χ0) is 16.2. The normalized spacial score (nSPS) is 11.6. The lowest BCUT2D eigenvalue weighted by Crippen LogP contribution is -2.28. The van der Waals surface area contributed by atoms with Gasteiger partial charge in [0.15, 0.2) is 0 Å². The molecule has 0 saturated carbocycles. The Morgan fingerprint density at radius 1 is 1.18 bits per heavy atom. The maximum Gasteiger partial charge on any atom is 0.309 e. The van der Waals surface area contributed by atoms with Gasteiger partial charge in [0.25, 0.3) is 0 Å². The monoisotopic (exact) mass is 301 g/mol. The van der Waals surface area contributed by atoms with Crippen molar-refractivity contribution in [2.45, 2.75) is 26.8 Å². The number of benzene rings is 2. The summed E-state index contributed by atoms with van der Waals surface area (Å²) >= 11 is 0. The largest absolute Gasteiger partial charge is 0.496 e. The van der Waals surface area contributed by atoms with E-state index in [1.54, 1.807) is 21.0 Å². The average Bonchev–Trinajstić information content (AvgIpc) is 2.51. The van der Waals surface area contributed by atoms with Gasteiger partial charge in [-0.3, -0.25) is 4.79 Å². The number of hydrogen-bond acceptors (Lipinski definition) is 3. The number of fused-ring (bicyclic) bond motifs is 1. The molecular weight excluding hydrogens is 278 g/mol. The van der Waals surface area contributed by atoms with Gasteiger partial charge in [0.1, 0.15) is 5.75 Å². The molecule has 0 aliphatic heterocycles. The van der Waals surface area contributed by atoms with Crippen molar-refractivity contribution in [2.75, 3.05) is 13.7 Å². The number of carbonyl (C=O) groups is 1. The van der Waals surface area contributed by atoms with Crippen LogP contribution in [0.5, 0.6) is 5.75 Å².